The molecule has 0 aromatic heterocycles. The minimum absolute atomic E-state index is 0.0190. The molecule has 36 heavy (non-hydrogen) atoms. The molecule has 1 saturated heterocycles. The molecule has 1 aromatic carbocycles. The summed E-state index contributed by atoms with van der Waals surface area (Å²) in [5.74, 6) is 0.0220. The van der Waals surface area contributed by atoms with Crippen LogP contribution in [0.1, 0.15) is 20.8 Å². The lowest BCUT2D eigenvalue weighted by molar-refractivity contribution is -0.147. The van der Waals surface area contributed by atoms with Gasteiger partial charge in [-0.1, -0.05) is 38.6 Å². The molecule has 2 aliphatic rings. The van der Waals surface area contributed by atoms with E-state index >= 15 is 0 Å². The number of hydrogen-bond acceptors (Lipinski definition) is 11. The standard InChI is InChI=1S/C23H33N4O8P/c1-15(2)21(29)32-13-11-25-36(31,35-17-8-6-5-7-9-17)33-14-18-20(28)23(4,30)22(34-18)27-12-10-19(24)26-16(27)3/h5-10,12,15,18,20,22,28,30H,3,11,13-14H2,1-2,4H3,(H2,24,26)(H,25,31)/t18-,20-,22-,23-,36?/m1/s1. The largest absolute Gasteiger partial charge is 0.464 e. The Labute approximate surface area is 210 Å². The van der Waals surface area contributed by atoms with Gasteiger partial charge in [0.05, 0.1) is 12.5 Å². The number of aliphatic hydroxyl groups excluding tert-OH is 1. The van der Waals surface area contributed by atoms with E-state index in [1.807, 2.05) is 0 Å². The van der Waals surface area contributed by atoms with Crippen molar-refractivity contribution in [3.63, 3.8) is 0 Å². The summed E-state index contributed by atoms with van der Waals surface area (Å²) in [4.78, 5) is 17.2. The van der Waals surface area contributed by atoms with Gasteiger partial charge in [-0.25, -0.2) is 14.6 Å². The summed E-state index contributed by atoms with van der Waals surface area (Å²) in [7, 11) is -4.02. The first-order chi connectivity index (χ1) is 16.9. The molecule has 1 aromatic rings. The molecule has 0 bridgehead atoms. The average molecular weight is 525 g/mol. The maximum atomic E-state index is 13.5. The summed E-state index contributed by atoms with van der Waals surface area (Å²) in [6, 6.07) is 8.36. The smallest absolute Gasteiger partial charge is 0.458 e. The molecular weight excluding hydrogens is 491 g/mol. The molecule has 0 aliphatic carbocycles. The van der Waals surface area contributed by atoms with Crippen molar-refractivity contribution in [2.24, 2.45) is 16.6 Å². The van der Waals surface area contributed by atoms with E-state index in [1.165, 1.54) is 24.1 Å². The zero-order valence-corrected chi connectivity index (χ0v) is 21.3. The molecule has 5 atom stereocenters. The van der Waals surface area contributed by atoms with Crippen LogP contribution < -0.4 is 15.3 Å². The van der Waals surface area contributed by atoms with E-state index in [2.05, 4.69) is 16.7 Å². The quantitative estimate of drug-likeness (QED) is 0.188. The molecule has 0 spiro atoms. The van der Waals surface area contributed by atoms with Gasteiger partial charge in [0.25, 0.3) is 0 Å². The summed E-state index contributed by atoms with van der Waals surface area (Å²) in [6.45, 7) is 8.12. The van der Waals surface area contributed by atoms with E-state index in [1.54, 1.807) is 44.2 Å². The van der Waals surface area contributed by atoms with Gasteiger partial charge in [-0.3, -0.25) is 9.32 Å². The van der Waals surface area contributed by atoms with E-state index in [-0.39, 0.29) is 36.5 Å². The number of nitrogens with two attached hydrogens (primary N) is 1. The lowest BCUT2D eigenvalue weighted by atomic mass is 9.96. The fourth-order valence-corrected chi connectivity index (χ4v) is 4.79. The van der Waals surface area contributed by atoms with Gasteiger partial charge in [0.1, 0.15) is 41.8 Å². The fraction of sp³-hybridized carbons (Fsp3) is 0.478. The summed E-state index contributed by atoms with van der Waals surface area (Å²) in [6.07, 6.45) is -0.530. The van der Waals surface area contributed by atoms with Crippen LogP contribution in [0, 0.1) is 5.92 Å². The first-order valence-corrected chi connectivity index (χ1v) is 12.9. The molecule has 2 heterocycles. The van der Waals surface area contributed by atoms with Crippen LogP contribution in [0.5, 0.6) is 5.75 Å². The number of hydrogen-bond donors (Lipinski definition) is 4. The number of aliphatic hydroxyl groups is 2. The van der Waals surface area contributed by atoms with Crippen LogP contribution in [0.15, 0.2) is 60.0 Å². The number of nitrogens with zero attached hydrogens (tertiary/aromatic N) is 2. The number of rotatable bonds is 11. The minimum atomic E-state index is -4.02. The Morgan fingerprint density at radius 3 is 2.72 bits per heavy atom. The van der Waals surface area contributed by atoms with Crippen molar-refractivity contribution in [3.8, 4) is 5.75 Å². The van der Waals surface area contributed by atoms with Crippen LogP contribution in [-0.4, -0.2) is 70.7 Å². The van der Waals surface area contributed by atoms with E-state index in [9.17, 15) is 19.6 Å². The molecule has 0 amide bonds. The van der Waals surface area contributed by atoms with Gasteiger partial charge in [0.15, 0.2) is 6.23 Å². The molecule has 3 rings (SSSR count). The third kappa shape index (κ3) is 6.73. The monoisotopic (exact) mass is 524 g/mol. The Balaban J connectivity index is 1.68. The molecule has 1 unspecified atom stereocenters. The predicted molar refractivity (Wildman–Crippen MR) is 131 cm³/mol. The molecule has 5 N–H and O–H groups in total. The number of amidine groups is 1. The number of benzene rings is 1. The number of esters is 1. The topological polar surface area (TPSA) is 165 Å². The van der Waals surface area contributed by atoms with E-state index in [0.717, 1.165) is 0 Å². The van der Waals surface area contributed by atoms with Crippen molar-refractivity contribution in [3.05, 3.63) is 55.0 Å². The van der Waals surface area contributed by atoms with Crippen LogP contribution in [0.3, 0.4) is 0 Å². The highest BCUT2D eigenvalue weighted by atomic mass is 31.2. The Morgan fingerprint density at radius 2 is 2.08 bits per heavy atom. The fourth-order valence-electron chi connectivity index (χ4n) is 3.47. The van der Waals surface area contributed by atoms with E-state index < -0.39 is 44.4 Å². The molecule has 0 radical (unpaired) electrons. The lowest BCUT2D eigenvalue weighted by Crippen LogP contribution is -2.51. The number of carbonyl (C=O) groups is 1. The number of para-hydroxylation sites is 1. The zero-order chi connectivity index (χ0) is 26.5. The SMILES string of the molecule is C=C1N=C(N)C=CN1[C@@H]1O[C@H](COP(=O)(NCCOC(=O)C(C)C)Oc2ccccc2)[C@@H](O)[C@@]1(C)O. The molecule has 198 valence electrons. The number of ether oxygens (including phenoxy) is 2. The highest BCUT2D eigenvalue weighted by Gasteiger charge is 2.55. The molecule has 1 fully saturated rings. The van der Waals surface area contributed by atoms with Gasteiger partial charge in [0.2, 0.25) is 0 Å². The van der Waals surface area contributed by atoms with Crippen molar-refractivity contribution in [1.29, 1.82) is 0 Å². The highest BCUT2D eigenvalue weighted by molar-refractivity contribution is 7.52. The van der Waals surface area contributed by atoms with Gasteiger partial charge in [-0.2, -0.15) is 0 Å². The molecule has 2 aliphatic heterocycles. The number of nitrogens with one attached hydrogen (secondary N) is 1. The second kappa shape index (κ2) is 11.5. The summed E-state index contributed by atoms with van der Waals surface area (Å²) in [5.41, 5.74) is 3.91. The third-order valence-electron chi connectivity index (χ3n) is 5.47. The average Bonchev–Trinajstić information content (AvgIpc) is 3.04. The van der Waals surface area contributed by atoms with Crippen LogP contribution >= 0.6 is 7.75 Å². The minimum Gasteiger partial charge on any atom is -0.464 e. The van der Waals surface area contributed by atoms with Gasteiger partial charge in [0, 0.05) is 12.7 Å². The molecule has 0 saturated carbocycles. The summed E-state index contributed by atoms with van der Waals surface area (Å²) in [5, 5.41) is 24.4. The Kier molecular flexibility index (Phi) is 8.93. The van der Waals surface area contributed by atoms with Crippen molar-refractivity contribution >= 4 is 19.6 Å². The highest BCUT2D eigenvalue weighted by Crippen LogP contribution is 2.45. The van der Waals surface area contributed by atoms with E-state index in [4.69, 9.17) is 24.3 Å². The number of carbonyl (C=O) groups excluding carboxylic acids is 1. The lowest BCUT2D eigenvalue weighted by Gasteiger charge is -2.35. The van der Waals surface area contributed by atoms with Gasteiger partial charge in [-0.15, -0.1) is 0 Å². The Bertz CT molecular complexity index is 1050. The zero-order valence-electron chi connectivity index (χ0n) is 20.4. The van der Waals surface area contributed by atoms with E-state index in [0.29, 0.717) is 0 Å². The number of aliphatic imine (C=N–C) groups is 1. The Hall–Kier alpha value is -2.73. The summed E-state index contributed by atoms with van der Waals surface area (Å²) < 4.78 is 35.6. The van der Waals surface area contributed by atoms with Crippen molar-refractivity contribution in [2.45, 2.75) is 44.8 Å². The second-order valence-corrected chi connectivity index (χ2v) is 10.6. The van der Waals surface area contributed by atoms with Gasteiger partial charge < -0.3 is 34.8 Å². The van der Waals surface area contributed by atoms with Crippen LogP contribution in [-0.2, 0) is 23.4 Å². The summed E-state index contributed by atoms with van der Waals surface area (Å²) >= 11 is 0. The maximum absolute atomic E-state index is 13.5. The predicted octanol–water partition coefficient (Wildman–Crippen LogP) is 1.47. The van der Waals surface area contributed by atoms with Crippen molar-refractivity contribution < 1.29 is 38.1 Å². The second-order valence-electron chi connectivity index (χ2n) is 8.80. The molecule has 13 heteroatoms. The van der Waals surface area contributed by atoms with Crippen molar-refractivity contribution in [1.82, 2.24) is 9.99 Å². The molecule has 12 nitrogen and oxygen atoms in total. The normalized spacial score (nSPS) is 27.6. The third-order valence-corrected chi connectivity index (χ3v) is 7.02. The van der Waals surface area contributed by atoms with Crippen LogP contribution in [0.2, 0.25) is 0 Å². The van der Waals surface area contributed by atoms with Crippen LogP contribution in [0.4, 0.5) is 0 Å². The van der Waals surface area contributed by atoms with Gasteiger partial charge in [-0.05, 0) is 25.1 Å². The molecular formula is C23H33N4O8P. The van der Waals surface area contributed by atoms with Crippen molar-refractivity contribution in [2.75, 3.05) is 19.8 Å². The Morgan fingerprint density at radius 1 is 1.39 bits per heavy atom. The van der Waals surface area contributed by atoms with Gasteiger partial charge >= 0.3 is 13.7 Å². The van der Waals surface area contributed by atoms with Crippen LogP contribution in [0.25, 0.3) is 0 Å². The maximum Gasteiger partial charge on any atom is 0.458 e. The first-order valence-electron chi connectivity index (χ1n) is 11.4. The first kappa shape index (κ1) is 27.9.